The summed E-state index contributed by atoms with van der Waals surface area (Å²) in [5.74, 6) is -1.14. The quantitative estimate of drug-likeness (QED) is 0.365. The fourth-order valence-corrected chi connectivity index (χ4v) is 3.36. The van der Waals surface area contributed by atoms with Crippen molar-refractivity contribution in [3.05, 3.63) is 95.4 Å². The van der Waals surface area contributed by atoms with Gasteiger partial charge in [0, 0.05) is 17.3 Å². The van der Waals surface area contributed by atoms with E-state index in [1.807, 2.05) is 18.2 Å². The lowest BCUT2D eigenvalue weighted by Crippen LogP contribution is -2.09. The van der Waals surface area contributed by atoms with Gasteiger partial charge in [0.1, 0.15) is 0 Å². The highest BCUT2D eigenvalue weighted by Crippen LogP contribution is 2.27. The molecule has 31 heavy (non-hydrogen) atoms. The average molecular weight is 414 g/mol. The van der Waals surface area contributed by atoms with Crippen LogP contribution in [0.2, 0.25) is 0 Å². The third kappa shape index (κ3) is 3.69. The lowest BCUT2D eigenvalue weighted by molar-refractivity contribution is 0.0592. The summed E-state index contributed by atoms with van der Waals surface area (Å²) in [5, 5.41) is 0. The fraction of sp³-hybridized carbons (Fsp3) is 0.0833. The van der Waals surface area contributed by atoms with Crippen LogP contribution in [-0.2, 0) is 9.47 Å². The van der Waals surface area contributed by atoms with Crippen LogP contribution in [0, 0.1) is 0 Å². The van der Waals surface area contributed by atoms with Crippen LogP contribution in [0.1, 0.15) is 36.9 Å². The first-order valence-electron chi connectivity index (χ1n) is 9.42. The molecule has 4 rings (SSSR count). The Morgan fingerprint density at radius 2 is 1.42 bits per heavy atom. The largest absolute Gasteiger partial charge is 0.465 e. The van der Waals surface area contributed by atoms with Crippen molar-refractivity contribution in [2.75, 3.05) is 14.2 Å². The Labute approximate surface area is 177 Å². The zero-order valence-corrected chi connectivity index (χ0v) is 16.9. The number of nitrogens with zero attached hydrogens (tertiary/aromatic N) is 2. The molecule has 0 radical (unpaired) electrons. The van der Waals surface area contributed by atoms with Crippen LogP contribution in [0.4, 0.5) is 0 Å². The van der Waals surface area contributed by atoms with Crippen molar-refractivity contribution in [2.24, 2.45) is 0 Å². The number of rotatable bonds is 5. The molecule has 2 aromatic carbocycles. The summed E-state index contributed by atoms with van der Waals surface area (Å²) in [6, 6.07) is 18.7. The lowest BCUT2D eigenvalue weighted by Gasteiger charge is -2.03. The number of carbonyl (C=O) groups excluding carboxylic acids is 3. The number of ketones is 1. The van der Waals surface area contributed by atoms with Crippen molar-refractivity contribution >= 4 is 23.2 Å². The maximum atomic E-state index is 13.3. The van der Waals surface area contributed by atoms with Crippen molar-refractivity contribution < 1.29 is 23.9 Å². The molecule has 7 heteroatoms. The van der Waals surface area contributed by atoms with Crippen LogP contribution in [0.15, 0.2) is 72.9 Å². The highest BCUT2D eigenvalue weighted by molar-refractivity contribution is 6.09. The van der Waals surface area contributed by atoms with Gasteiger partial charge in [-0.1, -0.05) is 30.3 Å². The predicted molar refractivity (Wildman–Crippen MR) is 113 cm³/mol. The minimum absolute atomic E-state index is 0.191. The van der Waals surface area contributed by atoms with E-state index in [1.165, 1.54) is 20.3 Å². The summed E-state index contributed by atoms with van der Waals surface area (Å²) in [6.07, 6.45) is 1.74. The number of ether oxygens (including phenoxy) is 2. The molecule has 0 bridgehead atoms. The van der Waals surface area contributed by atoms with Crippen LogP contribution in [0.3, 0.4) is 0 Å². The molecule has 154 valence electrons. The van der Waals surface area contributed by atoms with E-state index in [9.17, 15) is 14.4 Å². The van der Waals surface area contributed by atoms with E-state index < -0.39 is 11.9 Å². The summed E-state index contributed by atoms with van der Waals surface area (Å²) in [7, 11) is 2.61. The number of imidazole rings is 1. The van der Waals surface area contributed by atoms with E-state index in [2.05, 4.69) is 4.98 Å². The maximum Gasteiger partial charge on any atom is 0.337 e. The van der Waals surface area contributed by atoms with Gasteiger partial charge in [0.2, 0.25) is 5.78 Å². The van der Waals surface area contributed by atoms with Crippen molar-refractivity contribution in [3.63, 3.8) is 0 Å². The first-order valence-corrected chi connectivity index (χ1v) is 9.42. The van der Waals surface area contributed by atoms with E-state index >= 15 is 0 Å². The van der Waals surface area contributed by atoms with Gasteiger partial charge < -0.3 is 9.47 Å². The molecule has 0 aliphatic heterocycles. The van der Waals surface area contributed by atoms with E-state index in [0.717, 1.165) is 0 Å². The summed E-state index contributed by atoms with van der Waals surface area (Å²) in [4.78, 5) is 41.7. The highest BCUT2D eigenvalue weighted by Gasteiger charge is 2.21. The number of benzene rings is 2. The smallest absolute Gasteiger partial charge is 0.337 e. The Kier molecular flexibility index (Phi) is 5.32. The minimum Gasteiger partial charge on any atom is -0.465 e. The molecular formula is C24H18N2O5. The zero-order chi connectivity index (χ0) is 22.0. The monoisotopic (exact) mass is 414 g/mol. The molecule has 2 heterocycles. The Morgan fingerprint density at radius 3 is 2.13 bits per heavy atom. The molecule has 0 aliphatic rings. The normalized spacial score (nSPS) is 10.6. The maximum absolute atomic E-state index is 13.3. The van der Waals surface area contributed by atoms with Crippen LogP contribution in [-0.4, -0.2) is 41.3 Å². The second-order valence-corrected chi connectivity index (χ2v) is 6.71. The number of fused-ring (bicyclic) bond motifs is 1. The molecule has 0 amide bonds. The molecular weight excluding hydrogens is 396 g/mol. The second kappa shape index (κ2) is 8.23. The van der Waals surface area contributed by atoms with Gasteiger partial charge in [0.25, 0.3) is 0 Å². The van der Waals surface area contributed by atoms with Crippen molar-refractivity contribution in [3.8, 4) is 11.3 Å². The Balaban J connectivity index is 1.84. The molecule has 0 saturated heterocycles. The molecule has 2 aromatic heterocycles. The minimum atomic E-state index is -0.525. The number of pyridine rings is 1. The van der Waals surface area contributed by atoms with E-state index in [0.29, 0.717) is 27.9 Å². The van der Waals surface area contributed by atoms with Gasteiger partial charge in [0.05, 0.1) is 36.6 Å². The van der Waals surface area contributed by atoms with Gasteiger partial charge in [0.15, 0.2) is 5.82 Å². The number of aromatic nitrogens is 2. The predicted octanol–water partition coefficient (Wildman–Crippen LogP) is 3.81. The first kappa shape index (κ1) is 20.0. The molecule has 0 fully saturated rings. The van der Waals surface area contributed by atoms with Gasteiger partial charge in [-0.25, -0.2) is 14.6 Å². The Hall–Kier alpha value is -4.26. The number of hydrogen-bond acceptors (Lipinski definition) is 6. The van der Waals surface area contributed by atoms with Crippen LogP contribution in [0.5, 0.6) is 0 Å². The SMILES string of the molecule is COC(=O)c1cccc(C(=O)c2nc(-c3cccc(C(=O)OC)c3)c3ccccn23)c1. The van der Waals surface area contributed by atoms with Gasteiger partial charge in [-0.05, 0) is 36.4 Å². The third-order valence-corrected chi connectivity index (χ3v) is 4.85. The zero-order valence-electron chi connectivity index (χ0n) is 16.9. The molecule has 0 aliphatic carbocycles. The molecule has 0 N–H and O–H groups in total. The summed E-state index contributed by atoms with van der Waals surface area (Å²) < 4.78 is 11.2. The lowest BCUT2D eigenvalue weighted by atomic mass is 10.1. The van der Waals surface area contributed by atoms with Crippen molar-refractivity contribution in [1.29, 1.82) is 0 Å². The average Bonchev–Trinajstić information content (AvgIpc) is 3.22. The Morgan fingerprint density at radius 1 is 0.774 bits per heavy atom. The molecule has 7 nitrogen and oxygen atoms in total. The summed E-state index contributed by atoms with van der Waals surface area (Å²) in [6.45, 7) is 0. The Bertz CT molecular complexity index is 1320. The van der Waals surface area contributed by atoms with Crippen LogP contribution in [0.25, 0.3) is 16.8 Å². The van der Waals surface area contributed by atoms with Crippen molar-refractivity contribution in [1.82, 2.24) is 9.38 Å². The van der Waals surface area contributed by atoms with Crippen LogP contribution >= 0.6 is 0 Å². The van der Waals surface area contributed by atoms with E-state index in [1.54, 1.807) is 53.1 Å². The van der Waals surface area contributed by atoms with E-state index in [4.69, 9.17) is 9.47 Å². The van der Waals surface area contributed by atoms with Crippen LogP contribution < -0.4 is 0 Å². The van der Waals surface area contributed by atoms with Gasteiger partial charge >= 0.3 is 11.9 Å². The number of esters is 2. The fourth-order valence-electron chi connectivity index (χ4n) is 3.36. The highest BCUT2D eigenvalue weighted by atomic mass is 16.5. The van der Waals surface area contributed by atoms with Crippen molar-refractivity contribution in [2.45, 2.75) is 0 Å². The third-order valence-electron chi connectivity index (χ3n) is 4.85. The van der Waals surface area contributed by atoms with E-state index in [-0.39, 0.29) is 17.2 Å². The molecule has 0 atom stereocenters. The summed E-state index contributed by atoms with van der Waals surface area (Å²) >= 11 is 0. The number of methoxy groups -OCH3 is 2. The van der Waals surface area contributed by atoms with Gasteiger partial charge in [-0.2, -0.15) is 0 Å². The molecule has 0 spiro atoms. The number of carbonyl (C=O) groups is 3. The van der Waals surface area contributed by atoms with Gasteiger partial charge in [-0.3, -0.25) is 9.20 Å². The van der Waals surface area contributed by atoms with Gasteiger partial charge in [-0.15, -0.1) is 0 Å². The second-order valence-electron chi connectivity index (χ2n) is 6.71. The molecule has 0 saturated carbocycles. The summed E-state index contributed by atoms with van der Waals surface area (Å²) in [5.41, 5.74) is 2.91. The topological polar surface area (TPSA) is 87.0 Å². The standard InChI is InChI=1S/C24H18N2O5/c1-30-23(28)17-9-5-7-15(13-17)20-19-11-3-4-12-26(19)22(25-20)21(27)16-8-6-10-18(14-16)24(29)31-2/h3-14H,1-2H3. The first-order chi connectivity index (χ1) is 15.0. The molecule has 0 unspecified atom stereocenters. The number of hydrogen-bond donors (Lipinski definition) is 0. The molecule has 4 aromatic rings.